The molecule has 0 heterocycles. The fourth-order valence-electron chi connectivity index (χ4n) is 2.68. The predicted molar refractivity (Wildman–Crippen MR) is 119 cm³/mol. The molecule has 0 aliphatic rings. The van der Waals surface area contributed by atoms with Gasteiger partial charge in [-0.15, -0.1) is 0 Å². The van der Waals surface area contributed by atoms with E-state index in [0.717, 1.165) is 5.56 Å². The van der Waals surface area contributed by atoms with E-state index < -0.39 is 5.91 Å². The third-order valence-electron chi connectivity index (χ3n) is 4.17. The number of hydrogen-bond donors (Lipinski definition) is 2. The van der Waals surface area contributed by atoms with E-state index in [0.29, 0.717) is 44.2 Å². The van der Waals surface area contributed by atoms with Crippen LogP contribution in [-0.4, -0.2) is 48.2 Å². The summed E-state index contributed by atoms with van der Waals surface area (Å²) in [7, 11) is 0. The highest BCUT2D eigenvalue weighted by Gasteiger charge is 2.18. The predicted octanol–water partition coefficient (Wildman–Crippen LogP) is 2.49. The second-order valence-corrected chi connectivity index (χ2v) is 6.81. The van der Waals surface area contributed by atoms with Crippen LogP contribution in [0.3, 0.4) is 0 Å². The summed E-state index contributed by atoms with van der Waals surface area (Å²) >= 11 is 5.45. The van der Waals surface area contributed by atoms with Gasteiger partial charge in [0.05, 0.1) is 12.2 Å². The number of rotatable bonds is 11. The Morgan fingerprint density at radius 1 is 1.07 bits per heavy atom. The number of nitrogens with two attached hydrogens (primary N) is 1. The van der Waals surface area contributed by atoms with Gasteiger partial charge in [0.1, 0.15) is 12.4 Å². The molecule has 30 heavy (non-hydrogen) atoms. The normalized spacial score (nSPS) is 10.3. The quantitative estimate of drug-likeness (QED) is 0.421. The first-order valence-electron chi connectivity index (χ1n) is 9.73. The smallest absolute Gasteiger partial charge is 0.261 e. The molecule has 0 aliphatic carbocycles. The van der Waals surface area contributed by atoms with E-state index in [4.69, 9.17) is 27.4 Å². The Balaban J connectivity index is 2.06. The molecule has 0 unspecified atom stereocenters. The van der Waals surface area contributed by atoms with E-state index in [1.165, 1.54) is 0 Å². The summed E-state index contributed by atoms with van der Waals surface area (Å²) in [6.07, 6.45) is 0.125. The number of benzene rings is 2. The Morgan fingerprint density at radius 3 is 2.47 bits per heavy atom. The van der Waals surface area contributed by atoms with Crippen molar-refractivity contribution in [1.29, 1.82) is 0 Å². The lowest BCUT2D eigenvalue weighted by molar-refractivity contribution is -0.118. The summed E-state index contributed by atoms with van der Waals surface area (Å²) < 4.78 is 10.9. The maximum Gasteiger partial charge on any atom is 0.261 e. The van der Waals surface area contributed by atoms with Crippen molar-refractivity contribution in [2.75, 3.05) is 26.4 Å². The van der Waals surface area contributed by atoms with Gasteiger partial charge in [-0.1, -0.05) is 42.5 Å². The number of para-hydroxylation sites is 1. The molecule has 0 spiro atoms. The van der Waals surface area contributed by atoms with Gasteiger partial charge in [-0.05, 0) is 36.8 Å². The average Bonchev–Trinajstić information content (AvgIpc) is 2.75. The molecule has 8 heteroatoms. The van der Waals surface area contributed by atoms with Crippen LogP contribution in [0.1, 0.15) is 29.3 Å². The Morgan fingerprint density at radius 2 is 1.77 bits per heavy atom. The van der Waals surface area contributed by atoms with Crippen molar-refractivity contribution in [3.05, 3.63) is 65.7 Å². The van der Waals surface area contributed by atoms with Crippen LogP contribution in [0.25, 0.3) is 0 Å². The second kappa shape index (κ2) is 12.6. The molecule has 0 bridgehead atoms. The summed E-state index contributed by atoms with van der Waals surface area (Å²) in [5.41, 5.74) is 6.66. The maximum atomic E-state index is 12.8. The highest BCUT2D eigenvalue weighted by atomic mass is 32.1. The van der Waals surface area contributed by atoms with Crippen molar-refractivity contribution in [2.45, 2.75) is 19.9 Å². The Hall–Kier alpha value is -2.97. The van der Waals surface area contributed by atoms with Gasteiger partial charge in [0.15, 0.2) is 5.11 Å². The number of carbonyl (C=O) groups is 2. The minimum atomic E-state index is -0.435. The van der Waals surface area contributed by atoms with Crippen molar-refractivity contribution < 1.29 is 19.1 Å². The molecular formula is C22H27N3O4S. The van der Waals surface area contributed by atoms with Gasteiger partial charge in [0.2, 0.25) is 5.91 Å². The minimum absolute atomic E-state index is 0.125. The van der Waals surface area contributed by atoms with Crippen molar-refractivity contribution >= 4 is 29.1 Å². The average molecular weight is 430 g/mol. The van der Waals surface area contributed by atoms with Crippen LogP contribution in [0.15, 0.2) is 54.6 Å². The van der Waals surface area contributed by atoms with Crippen LogP contribution >= 0.6 is 12.2 Å². The maximum absolute atomic E-state index is 12.8. The summed E-state index contributed by atoms with van der Waals surface area (Å²) in [5, 5.41) is 2.95. The molecule has 0 saturated carbocycles. The van der Waals surface area contributed by atoms with E-state index in [2.05, 4.69) is 5.32 Å². The largest absolute Gasteiger partial charge is 0.490 e. The van der Waals surface area contributed by atoms with Crippen molar-refractivity contribution in [3.63, 3.8) is 0 Å². The summed E-state index contributed by atoms with van der Waals surface area (Å²) in [5.74, 6) is -0.372. The van der Waals surface area contributed by atoms with Crippen LogP contribution in [0.2, 0.25) is 0 Å². The molecule has 0 aliphatic heterocycles. The molecule has 2 amide bonds. The fraction of sp³-hybridized carbons (Fsp3) is 0.318. The molecule has 0 atom stereocenters. The fourth-order valence-corrected chi connectivity index (χ4v) is 2.93. The first kappa shape index (κ1) is 23.3. The number of hydrogen-bond acceptors (Lipinski definition) is 5. The Bertz CT molecular complexity index is 845. The molecule has 3 N–H and O–H groups in total. The number of thiocarbonyl (C=S) groups is 1. The zero-order valence-electron chi connectivity index (χ0n) is 17.0. The van der Waals surface area contributed by atoms with Crippen LogP contribution in [0.4, 0.5) is 0 Å². The minimum Gasteiger partial charge on any atom is -0.490 e. The summed E-state index contributed by atoms with van der Waals surface area (Å²) in [6.45, 7) is 4.02. The van der Waals surface area contributed by atoms with Crippen LogP contribution < -0.4 is 15.8 Å². The van der Waals surface area contributed by atoms with Gasteiger partial charge in [0.25, 0.3) is 5.91 Å². The van der Waals surface area contributed by atoms with E-state index in [1.54, 1.807) is 29.2 Å². The number of primary amides is 1. The van der Waals surface area contributed by atoms with Crippen molar-refractivity contribution in [2.24, 2.45) is 5.73 Å². The van der Waals surface area contributed by atoms with Gasteiger partial charge in [-0.2, -0.15) is 0 Å². The molecular weight excluding hydrogens is 402 g/mol. The van der Waals surface area contributed by atoms with E-state index in [1.807, 2.05) is 37.3 Å². The third-order valence-corrected chi connectivity index (χ3v) is 4.53. The van der Waals surface area contributed by atoms with Gasteiger partial charge < -0.3 is 20.1 Å². The molecule has 2 aromatic rings. The number of amides is 2. The Labute approximate surface area is 182 Å². The van der Waals surface area contributed by atoms with Crippen molar-refractivity contribution in [1.82, 2.24) is 10.2 Å². The summed E-state index contributed by atoms with van der Waals surface area (Å²) in [4.78, 5) is 25.8. The van der Waals surface area contributed by atoms with Crippen LogP contribution in [0.5, 0.6) is 5.75 Å². The highest BCUT2D eigenvalue weighted by Crippen LogP contribution is 2.18. The Kier molecular flexibility index (Phi) is 9.76. The second-order valence-electron chi connectivity index (χ2n) is 6.42. The lowest BCUT2D eigenvalue weighted by Gasteiger charge is -2.25. The molecule has 0 saturated heterocycles. The topological polar surface area (TPSA) is 93.9 Å². The SMILES string of the molecule is CCOCCOc1ccccc1C(=O)NC(=S)N(CCC(N)=O)Cc1ccccc1. The van der Waals surface area contributed by atoms with Crippen LogP contribution in [0, 0.1) is 0 Å². The zero-order chi connectivity index (χ0) is 21.8. The molecule has 7 nitrogen and oxygen atoms in total. The first-order valence-corrected chi connectivity index (χ1v) is 10.1. The van der Waals surface area contributed by atoms with E-state index in [-0.39, 0.29) is 17.4 Å². The molecule has 0 aromatic heterocycles. The van der Waals surface area contributed by atoms with Crippen LogP contribution in [-0.2, 0) is 16.1 Å². The number of ether oxygens (including phenoxy) is 2. The zero-order valence-corrected chi connectivity index (χ0v) is 17.8. The first-order chi connectivity index (χ1) is 14.5. The number of nitrogens with zero attached hydrogens (tertiary/aromatic N) is 1. The van der Waals surface area contributed by atoms with Gasteiger partial charge in [-0.3, -0.25) is 14.9 Å². The van der Waals surface area contributed by atoms with E-state index >= 15 is 0 Å². The number of carbonyl (C=O) groups excluding carboxylic acids is 2. The monoisotopic (exact) mass is 429 g/mol. The highest BCUT2D eigenvalue weighted by molar-refractivity contribution is 7.80. The number of nitrogens with one attached hydrogen (secondary N) is 1. The van der Waals surface area contributed by atoms with Gasteiger partial charge >= 0.3 is 0 Å². The molecule has 160 valence electrons. The third kappa shape index (κ3) is 7.81. The van der Waals surface area contributed by atoms with Crippen molar-refractivity contribution in [3.8, 4) is 5.75 Å². The lowest BCUT2D eigenvalue weighted by Crippen LogP contribution is -2.43. The van der Waals surface area contributed by atoms with Gasteiger partial charge in [-0.25, -0.2) is 0 Å². The lowest BCUT2D eigenvalue weighted by atomic mass is 10.2. The summed E-state index contributed by atoms with van der Waals surface area (Å²) in [6, 6.07) is 16.6. The van der Waals surface area contributed by atoms with E-state index in [9.17, 15) is 9.59 Å². The standard InChI is InChI=1S/C22H27N3O4S/c1-2-28-14-15-29-19-11-7-6-10-18(19)21(27)24-22(30)25(13-12-20(23)26)16-17-8-4-3-5-9-17/h3-11H,2,12-16H2,1H3,(H2,23,26)(H,24,27,30). The molecule has 0 fully saturated rings. The molecule has 2 rings (SSSR count). The molecule has 0 radical (unpaired) electrons. The van der Waals surface area contributed by atoms with Gasteiger partial charge in [0, 0.05) is 26.1 Å². The molecule has 2 aromatic carbocycles.